The SMILES string of the molecule is C=CCNC(=O)[C@H](C)N(c1cccc(Cl)c1)S(C)(=O)=O. The molecule has 1 amide bonds. The number of rotatable bonds is 6. The van der Waals surface area contributed by atoms with E-state index in [1.807, 2.05) is 0 Å². The third-order valence-electron chi connectivity index (χ3n) is 2.57. The molecule has 0 radical (unpaired) electrons. The molecule has 0 saturated carbocycles. The van der Waals surface area contributed by atoms with Gasteiger partial charge in [0, 0.05) is 11.6 Å². The predicted molar refractivity (Wildman–Crippen MR) is 81.4 cm³/mol. The van der Waals surface area contributed by atoms with Crippen molar-refractivity contribution in [1.29, 1.82) is 0 Å². The monoisotopic (exact) mass is 316 g/mol. The summed E-state index contributed by atoms with van der Waals surface area (Å²) in [6.45, 7) is 5.28. The van der Waals surface area contributed by atoms with Crippen LogP contribution in [0.25, 0.3) is 0 Å². The van der Waals surface area contributed by atoms with Crippen molar-refractivity contribution in [1.82, 2.24) is 5.32 Å². The molecule has 7 heteroatoms. The van der Waals surface area contributed by atoms with Gasteiger partial charge in [0.05, 0.1) is 11.9 Å². The Morgan fingerprint density at radius 3 is 2.70 bits per heavy atom. The number of anilines is 1. The van der Waals surface area contributed by atoms with Crippen molar-refractivity contribution in [3.8, 4) is 0 Å². The largest absolute Gasteiger partial charge is 0.351 e. The van der Waals surface area contributed by atoms with E-state index in [2.05, 4.69) is 11.9 Å². The number of nitrogens with zero attached hydrogens (tertiary/aromatic N) is 1. The molecule has 0 spiro atoms. The third kappa shape index (κ3) is 4.25. The van der Waals surface area contributed by atoms with E-state index in [0.29, 0.717) is 10.7 Å². The zero-order valence-corrected chi connectivity index (χ0v) is 12.9. The Bertz CT molecular complexity index is 601. The number of sulfonamides is 1. The Morgan fingerprint density at radius 2 is 2.20 bits per heavy atom. The molecule has 0 saturated heterocycles. The fraction of sp³-hybridized carbons (Fsp3) is 0.308. The van der Waals surface area contributed by atoms with Crippen molar-refractivity contribution in [2.45, 2.75) is 13.0 Å². The van der Waals surface area contributed by atoms with E-state index in [4.69, 9.17) is 11.6 Å². The van der Waals surface area contributed by atoms with E-state index in [1.165, 1.54) is 19.1 Å². The molecule has 0 fully saturated rings. The van der Waals surface area contributed by atoms with Gasteiger partial charge in [-0.3, -0.25) is 9.10 Å². The number of carbonyl (C=O) groups is 1. The maximum atomic E-state index is 12.0. The van der Waals surface area contributed by atoms with Crippen molar-refractivity contribution >= 4 is 33.2 Å². The highest BCUT2D eigenvalue weighted by Gasteiger charge is 2.28. The first kappa shape index (κ1) is 16.5. The Labute approximate surface area is 124 Å². The quantitative estimate of drug-likeness (QED) is 0.814. The van der Waals surface area contributed by atoms with Gasteiger partial charge in [-0.15, -0.1) is 6.58 Å². The number of carbonyl (C=O) groups excluding carboxylic acids is 1. The number of nitrogens with one attached hydrogen (secondary N) is 1. The summed E-state index contributed by atoms with van der Waals surface area (Å²) in [6, 6.07) is 5.46. The standard InChI is InChI=1S/C13H17ClN2O3S/c1-4-8-15-13(17)10(2)16(20(3,18)19)12-7-5-6-11(14)9-12/h4-7,9-10H,1,8H2,2-3H3,(H,15,17)/t10-/m0/s1. The van der Waals surface area contributed by atoms with Crippen LogP contribution in [0.4, 0.5) is 5.69 Å². The van der Waals surface area contributed by atoms with Crippen LogP contribution in [-0.4, -0.2) is 33.2 Å². The predicted octanol–water partition coefficient (Wildman–Crippen LogP) is 1.80. The summed E-state index contributed by atoms with van der Waals surface area (Å²) < 4.78 is 24.9. The zero-order chi connectivity index (χ0) is 15.3. The minimum Gasteiger partial charge on any atom is -0.351 e. The molecule has 1 atom stereocenters. The summed E-state index contributed by atoms with van der Waals surface area (Å²) in [7, 11) is -3.62. The van der Waals surface area contributed by atoms with Crippen LogP contribution < -0.4 is 9.62 Å². The Morgan fingerprint density at radius 1 is 1.55 bits per heavy atom. The van der Waals surface area contributed by atoms with E-state index < -0.39 is 22.0 Å². The van der Waals surface area contributed by atoms with Gasteiger partial charge in [-0.25, -0.2) is 8.42 Å². The summed E-state index contributed by atoms with van der Waals surface area (Å²) in [5, 5.41) is 2.97. The lowest BCUT2D eigenvalue weighted by molar-refractivity contribution is -0.121. The highest BCUT2D eigenvalue weighted by molar-refractivity contribution is 7.92. The van der Waals surface area contributed by atoms with Crippen LogP contribution in [0.5, 0.6) is 0 Å². The van der Waals surface area contributed by atoms with E-state index >= 15 is 0 Å². The highest BCUT2D eigenvalue weighted by atomic mass is 35.5. The highest BCUT2D eigenvalue weighted by Crippen LogP contribution is 2.24. The van der Waals surface area contributed by atoms with E-state index in [1.54, 1.807) is 18.2 Å². The fourth-order valence-corrected chi connectivity index (χ4v) is 3.09. The molecule has 0 unspecified atom stereocenters. The molecule has 0 bridgehead atoms. The summed E-state index contributed by atoms with van der Waals surface area (Å²) in [4.78, 5) is 12.0. The lowest BCUT2D eigenvalue weighted by Crippen LogP contribution is -2.47. The van der Waals surface area contributed by atoms with Gasteiger partial charge >= 0.3 is 0 Å². The molecule has 0 aliphatic carbocycles. The van der Waals surface area contributed by atoms with Crippen LogP contribution in [0.1, 0.15) is 6.92 Å². The molecule has 5 nitrogen and oxygen atoms in total. The van der Waals surface area contributed by atoms with E-state index in [-0.39, 0.29) is 6.54 Å². The van der Waals surface area contributed by atoms with Crippen LogP contribution in [0.2, 0.25) is 5.02 Å². The van der Waals surface area contributed by atoms with Gasteiger partial charge in [-0.1, -0.05) is 23.7 Å². The fourth-order valence-electron chi connectivity index (χ4n) is 1.74. The second-order valence-electron chi connectivity index (χ2n) is 4.25. The molecule has 1 N–H and O–H groups in total. The van der Waals surface area contributed by atoms with Gasteiger partial charge in [0.2, 0.25) is 15.9 Å². The number of hydrogen-bond acceptors (Lipinski definition) is 3. The zero-order valence-electron chi connectivity index (χ0n) is 11.3. The molecule has 20 heavy (non-hydrogen) atoms. The molecular weight excluding hydrogens is 300 g/mol. The maximum absolute atomic E-state index is 12.0. The number of amides is 1. The minimum atomic E-state index is -3.62. The van der Waals surface area contributed by atoms with Gasteiger partial charge in [-0.2, -0.15) is 0 Å². The van der Waals surface area contributed by atoms with Crippen LogP contribution in [-0.2, 0) is 14.8 Å². The van der Waals surface area contributed by atoms with Crippen molar-refractivity contribution in [3.63, 3.8) is 0 Å². The second-order valence-corrected chi connectivity index (χ2v) is 6.54. The molecule has 110 valence electrons. The van der Waals surface area contributed by atoms with Crippen molar-refractivity contribution < 1.29 is 13.2 Å². The van der Waals surface area contributed by atoms with Gasteiger partial charge in [-0.05, 0) is 25.1 Å². The average molecular weight is 317 g/mol. The second kappa shape index (κ2) is 6.76. The van der Waals surface area contributed by atoms with Gasteiger partial charge in [0.15, 0.2) is 0 Å². The Kier molecular flexibility index (Phi) is 5.59. The maximum Gasteiger partial charge on any atom is 0.243 e. The summed E-state index contributed by atoms with van der Waals surface area (Å²) >= 11 is 5.87. The average Bonchev–Trinajstić information content (AvgIpc) is 2.34. The Hall–Kier alpha value is -1.53. The molecule has 1 aromatic carbocycles. The first-order chi connectivity index (χ1) is 9.27. The summed E-state index contributed by atoms with van der Waals surface area (Å²) in [5.74, 6) is -0.407. The topological polar surface area (TPSA) is 66.5 Å². The van der Waals surface area contributed by atoms with E-state index in [9.17, 15) is 13.2 Å². The van der Waals surface area contributed by atoms with Crippen molar-refractivity contribution in [3.05, 3.63) is 41.9 Å². The van der Waals surface area contributed by atoms with Gasteiger partial charge in [0.25, 0.3) is 0 Å². The smallest absolute Gasteiger partial charge is 0.243 e. The molecule has 0 aromatic heterocycles. The normalized spacial score (nSPS) is 12.6. The van der Waals surface area contributed by atoms with Crippen LogP contribution in [0.3, 0.4) is 0 Å². The lowest BCUT2D eigenvalue weighted by Gasteiger charge is -2.28. The first-order valence-corrected chi connectivity index (χ1v) is 8.13. The molecule has 0 aliphatic heterocycles. The van der Waals surface area contributed by atoms with Gasteiger partial charge < -0.3 is 5.32 Å². The number of halogens is 1. The van der Waals surface area contributed by atoms with Crippen LogP contribution in [0.15, 0.2) is 36.9 Å². The molecule has 1 aromatic rings. The molecule has 1 rings (SSSR count). The minimum absolute atomic E-state index is 0.274. The van der Waals surface area contributed by atoms with E-state index in [0.717, 1.165) is 10.6 Å². The first-order valence-electron chi connectivity index (χ1n) is 5.91. The Balaban J connectivity index is 3.14. The summed E-state index contributed by atoms with van der Waals surface area (Å²) in [5.41, 5.74) is 0.348. The molecule has 0 aliphatic rings. The van der Waals surface area contributed by atoms with Crippen LogP contribution in [0, 0.1) is 0 Å². The van der Waals surface area contributed by atoms with Crippen molar-refractivity contribution in [2.75, 3.05) is 17.1 Å². The lowest BCUT2D eigenvalue weighted by atomic mass is 10.2. The number of benzene rings is 1. The van der Waals surface area contributed by atoms with Crippen LogP contribution >= 0.6 is 11.6 Å². The summed E-state index contributed by atoms with van der Waals surface area (Å²) in [6.07, 6.45) is 2.57. The van der Waals surface area contributed by atoms with Crippen molar-refractivity contribution in [2.24, 2.45) is 0 Å². The van der Waals surface area contributed by atoms with Gasteiger partial charge in [0.1, 0.15) is 6.04 Å². The molecular formula is C13H17ClN2O3S. The molecule has 0 heterocycles. The third-order valence-corrected chi connectivity index (χ3v) is 4.05. The number of hydrogen-bond donors (Lipinski definition) is 1.